The molecule has 3 aliphatic heterocycles. The van der Waals surface area contributed by atoms with Crippen molar-refractivity contribution in [3.8, 4) is 28.6 Å². The van der Waals surface area contributed by atoms with Gasteiger partial charge in [-0.1, -0.05) is 35.9 Å². The molecule has 5 aromatic rings. The van der Waals surface area contributed by atoms with E-state index in [1.165, 1.54) is 19.1 Å². The minimum Gasteiger partial charge on any atom is -0.497 e. The van der Waals surface area contributed by atoms with Crippen LogP contribution < -0.4 is 28.9 Å². The average Bonchev–Trinajstić information content (AvgIpc) is 3.25. The summed E-state index contributed by atoms with van der Waals surface area (Å²) in [5, 5.41) is -0.184. The lowest BCUT2D eigenvalue weighted by molar-refractivity contribution is -0.137. The second kappa shape index (κ2) is 18.1. The molecule has 0 unspecified atom stereocenters. The van der Waals surface area contributed by atoms with E-state index in [0.717, 1.165) is 11.1 Å². The molecular weight excluding hydrogens is 894 g/mol. The Kier molecular flexibility index (Phi) is 12.7. The van der Waals surface area contributed by atoms with E-state index in [1.807, 2.05) is 55.1 Å². The molecular formula is C49H52ClF4N7O6. The van der Waals surface area contributed by atoms with Crippen LogP contribution in [0.3, 0.4) is 0 Å². The van der Waals surface area contributed by atoms with Crippen LogP contribution in [0.2, 0.25) is 5.02 Å². The lowest BCUT2D eigenvalue weighted by Gasteiger charge is -2.53. The molecule has 1 saturated heterocycles. The highest BCUT2D eigenvalue weighted by molar-refractivity contribution is 6.34. The van der Waals surface area contributed by atoms with E-state index in [0.29, 0.717) is 29.4 Å². The third kappa shape index (κ3) is 9.24. The largest absolute Gasteiger partial charge is 0.497 e. The van der Waals surface area contributed by atoms with E-state index in [2.05, 4.69) is 10.9 Å². The van der Waals surface area contributed by atoms with Crippen LogP contribution in [0.15, 0.2) is 66.4 Å². The van der Waals surface area contributed by atoms with Crippen molar-refractivity contribution in [3.63, 3.8) is 0 Å². The van der Waals surface area contributed by atoms with Crippen molar-refractivity contribution in [3.05, 3.63) is 99.5 Å². The Morgan fingerprint density at radius 1 is 0.925 bits per heavy atom. The SMILES string of the molecule is COc1ccc(CN(Cc2ccc(OC)cc2)c2cc(C)c(C(F)(F)F)c(-c3c(Cl)cc4c5c6c(nc4c3F)O[C@H](CN(C)C)CN6C(=C=O)[C@H]3CN(C(=O)OC(C)(C)C)[C@H](C)CN53)n2)cc1. The van der Waals surface area contributed by atoms with Gasteiger partial charge in [-0.25, -0.2) is 23.9 Å². The number of aryl methyl sites for hydroxylation is 1. The maximum atomic E-state index is 17.9. The Hall–Kier alpha value is -6.29. The monoisotopic (exact) mass is 945 g/mol. The summed E-state index contributed by atoms with van der Waals surface area (Å²) in [5.41, 5.74) is -1.21. The highest BCUT2D eigenvalue weighted by Gasteiger charge is 2.49. The van der Waals surface area contributed by atoms with Gasteiger partial charge >= 0.3 is 12.3 Å². The van der Waals surface area contributed by atoms with Crippen molar-refractivity contribution in [2.24, 2.45) is 0 Å². The highest BCUT2D eigenvalue weighted by atomic mass is 35.5. The van der Waals surface area contributed by atoms with Gasteiger partial charge in [0.25, 0.3) is 0 Å². The Bertz CT molecular complexity index is 2710. The summed E-state index contributed by atoms with van der Waals surface area (Å²) < 4.78 is 87.0. The summed E-state index contributed by atoms with van der Waals surface area (Å²) in [6.45, 7) is 9.55. The van der Waals surface area contributed by atoms with Crippen LogP contribution in [0.1, 0.15) is 49.9 Å². The normalized spacial score (nSPS) is 18.0. The number of hydrogen-bond donors (Lipinski definition) is 0. The highest BCUT2D eigenvalue weighted by Crippen LogP contribution is 2.54. The lowest BCUT2D eigenvalue weighted by Crippen LogP contribution is -2.64. The molecule has 1 fully saturated rings. The fourth-order valence-electron chi connectivity index (χ4n) is 9.14. The van der Waals surface area contributed by atoms with Crippen molar-refractivity contribution in [1.29, 1.82) is 0 Å². The third-order valence-electron chi connectivity index (χ3n) is 12.1. The molecule has 3 atom stereocenters. The van der Waals surface area contributed by atoms with Crippen molar-refractivity contribution >= 4 is 51.7 Å². The summed E-state index contributed by atoms with van der Waals surface area (Å²) in [6.07, 6.45) is -6.14. The average molecular weight is 946 g/mol. The number of benzene rings is 3. The molecule has 8 rings (SSSR count). The van der Waals surface area contributed by atoms with Crippen LogP contribution in [-0.4, -0.2) is 110 Å². The number of likely N-dealkylation sites (N-methyl/N-ethyl adjacent to an activating group) is 1. The summed E-state index contributed by atoms with van der Waals surface area (Å²) in [4.78, 5) is 44.9. The molecule has 13 nitrogen and oxygen atoms in total. The predicted molar refractivity (Wildman–Crippen MR) is 249 cm³/mol. The van der Waals surface area contributed by atoms with Gasteiger partial charge in [-0.2, -0.15) is 13.2 Å². The second-order valence-electron chi connectivity index (χ2n) is 18.4. The Labute approximate surface area is 391 Å². The molecule has 0 N–H and O–H groups in total. The van der Waals surface area contributed by atoms with E-state index in [4.69, 9.17) is 35.5 Å². The second-order valence-corrected chi connectivity index (χ2v) is 18.8. The molecule has 5 heterocycles. The molecule has 1 amide bonds. The molecule has 0 spiro atoms. The van der Waals surface area contributed by atoms with E-state index < -0.39 is 58.7 Å². The number of piperazine rings is 1. The smallest absolute Gasteiger partial charge is 0.418 e. The number of carbonyl (C=O) groups is 1. The zero-order valence-corrected chi connectivity index (χ0v) is 39.5. The molecule has 0 aliphatic carbocycles. The summed E-state index contributed by atoms with van der Waals surface area (Å²) >= 11 is 7.08. The molecule has 0 saturated carbocycles. The first-order valence-corrected chi connectivity index (χ1v) is 22.1. The van der Waals surface area contributed by atoms with Gasteiger partial charge in [0.15, 0.2) is 5.82 Å². The van der Waals surface area contributed by atoms with Crippen molar-refractivity contribution < 1.29 is 46.1 Å². The molecule has 354 valence electrons. The van der Waals surface area contributed by atoms with Gasteiger partial charge in [0.1, 0.15) is 51.9 Å². The van der Waals surface area contributed by atoms with Crippen LogP contribution in [0.5, 0.6) is 17.4 Å². The fraction of sp³-hybridized carbons (Fsp3) is 0.408. The maximum Gasteiger partial charge on any atom is 0.418 e. The van der Waals surface area contributed by atoms with Gasteiger partial charge in [0.05, 0.1) is 60.9 Å². The van der Waals surface area contributed by atoms with E-state index in [9.17, 15) is 9.59 Å². The van der Waals surface area contributed by atoms with Crippen LogP contribution in [0, 0.1) is 12.7 Å². The van der Waals surface area contributed by atoms with E-state index in [1.54, 1.807) is 74.0 Å². The van der Waals surface area contributed by atoms with Crippen LogP contribution in [-0.2, 0) is 28.8 Å². The molecule has 67 heavy (non-hydrogen) atoms. The molecule has 3 aromatic carbocycles. The van der Waals surface area contributed by atoms with Crippen LogP contribution in [0.25, 0.3) is 22.2 Å². The zero-order chi connectivity index (χ0) is 48.3. The molecule has 0 bridgehead atoms. The number of nitrogens with zero attached hydrogens (tertiary/aromatic N) is 7. The topological polar surface area (TPSA) is 113 Å². The number of methoxy groups -OCH3 is 2. The Balaban J connectivity index is 1.33. The Morgan fingerprint density at radius 3 is 2.07 bits per heavy atom. The number of carbonyl (C=O) groups excluding carboxylic acids is 2. The first-order chi connectivity index (χ1) is 31.7. The Morgan fingerprint density at radius 2 is 1.54 bits per heavy atom. The van der Waals surface area contributed by atoms with Crippen molar-refractivity contribution in [2.45, 2.75) is 77.7 Å². The third-order valence-corrected chi connectivity index (χ3v) is 12.4. The molecule has 3 aliphatic rings. The molecule has 2 aromatic heterocycles. The summed E-state index contributed by atoms with van der Waals surface area (Å²) in [6, 6.07) is 16.0. The fourth-order valence-corrected chi connectivity index (χ4v) is 9.42. The number of ether oxygens (including phenoxy) is 4. The number of anilines is 3. The van der Waals surface area contributed by atoms with Gasteiger partial charge in [-0.15, -0.1) is 0 Å². The first-order valence-electron chi connectivity index (χ1n) is 21.8. The number of rotatable bonds is 10. The molecule has 18 heteroatoms. The number of pyridine rings is 2. The van der Waals surface area contributed by atoms with Gasteiger partial charge in [0.2, 0.25) is 5.88 Å². The van der Waals surface area contributed by atoms with E-state index >= 15 is 17.6 Å². The zero-order valence-electron chi connectivity index (χ0n) is 38.7. The number of hydrogen-bond acceptors (Lipinski definition) is 12. The van der Waals surface area contributed by atoms with Crippen LogP contribution in [0.4, 0.5) is 39.5 Å². The van der Waals surface area contributed by atoms with Crippen molar-refractivity contribution in [1.82, 2.24) is 19.8 Å². The first kappa shape index (κ1) is 47.2. The van der Waals surface area contributed by atoms with Crippen molar-refractivity contribution in [2.75, 3.05) is 69.2 Å². The standard InChI is InChI=1S/C49H52ClF4N7O6/c1-27-18-38(58(21-29-10-14-31(64-8)15-11-29)22-30-12-16-32(65-9)17-13-30)55-43(40(27)49(52,53)54)39-35(50)19-34-42(41(39)51)56-46-45-44(34)60-20-28(2)59(47(63)67-48(3,4)5)25-36(60)37(26-62)61(45)24-33(66-46)23-57(6)7/h10-19,28,33,36H,20-25H2,1-9H3/t28-,33-,36-/m1/s1. The number of halogens is 5. The van der Waals surface area contributed by atoms with E-state index in [-0.39, 0.29) is 71.6 Å². The quantitative estimate of drug-likeness (QED) is 0.0983. The van der Waals surface area contributed by atoms with Gasteiger partial charge in [-0.05, 0) is 102 Å². The number of fused-ring (bicyclic) bond motifs is 4. The summed E-state index contributed by atoms with van der Waals surface area (Å²) in [5.74, 6) is 2.34. The minimum atomic E-state index is -4.99. The minimum absolute atomic E-state index is 0.0116. The summed E-state index contributed by atoms with van der Waals surface area (Å²) in [7, 11) is 6.79. The van der Waals surface area contributed by atoms with Gasteiger partial charge in [0, 0.05) is 37.6 Å². The number of aromatic nitrogens is 2. The molecule has 0 radical (unpaired) electrons. The predicted octanol–water partition coefficient (Wildman–Crippen LogP) is 9.31. The van der Waals surface area contributed by atoms with Gasteiger partial charge in [-0.3, -0.25) is 0 Å². The lowest BCUT2D eigenvalue weighted by atomic mass is 9.94. The number of amides is 1. The number of alkyl halides is 3. The maximum absolute atomic E-state index is 17.9. The van der Waals surface area contributed by atoms with Crippen LogP contribution >= 0.6 is 11.6 Å². The van der Waals surface area contributed by atoms with Gasteiger partial charge < -0.3 is 43.4 Å².